The van der Waals surface area contributed by atoms with Crippen molar-refractivity contribution in [1.29, 1.82) is 0 Å². The number of nitrogens with zero attached hydrogens (tertiary/aromatic N) is 2. The predicted octanol–water partition coefficient (Wildman–Crippen LogP) is 3.79. The molecule has 0 saturated carbocycles. The van der Waals surface area contributed by atoms with Crippen molar-refractivity contribution in [3.63, 3.8) is 0 Å². The number of amides is 1. The third kappa shape index (κ3) is 2.56. The highest BCUT2D eigenvalue weighted by atomic mass is 35.5. The van der Waals surface area contributed by atoms with Gasteiger partial charge < -0.3 is 9.42 Å². The number of likely N-dealkylation sites (tertiary alicyclic amines) is 1. The maximum atomic E-state index is 12.8. The van der Waals surface area contributed by atoms with Gasteiger partial charge in [0.05, 0.1) is 5.02 Å². The summed E-state index contributed by atoms with van der Waals surface area (Å²) in [7, 11) is 0. The fourth-order valence-electron chi connectivity index (χ4n) is 2.74. The third-order valence-electron chi connectivity index (χ3n) is 3.92. The second-order valence-electron chi connectivity index (χ2n) is 5.59. The molecule has 110 valence electrons. The standard InChI is InChI=1S/C16H17ClN2O2/c1-10-7-8-19(9-10)16(20)14-11(2)21-18-15(14)12-5-3-4-6-13(12)17/h3-6,10H,7-9H2,1-2H3. The van der Waals surface area contributed by atoms with Crippen LogP contribution in [0.25, 0.3) is 11.3 Å². The topological polar surface area (TPSA) is 46.3 Å². The van der Waals surface area contributed by atoms with Gasteiger partial charge in [0.15, 0.2) is 0 Å². The molecule has 3 rings (SSSR count). The minimum atomic E-state index is -0.0204. The van der Waals surface area contributed by atoms with Crippen LogP contribution in [0.4, 0.5) is 0 Å². The first kappa shape index (κ1) is 14.1. The van der Waals surface area contributed by atoms with Crippen LogP contribution in [-0.4, -0.2) is 29.1 Å². The molecule has 1 aliphatic rings. The number of hydrogen-bond donors (Lipinski definition) is 0. The molecule has 2 heterocycles. The third-order valence-corrected chi connectivity index (χ3v) is 4.25. The zero-order valence-electron chi connectivity index (χ0n) is 12.1. The Morgan fingerprint density at radius 1 is 1.43 bits per heavy atom. The summed E-state index contributed by atoms with van der Waals surface area (Å²) in [6.07, 6.45) is 1.04. The molecule has 0 spiro atoms. The van der Waals surface area contributed by atoms with Gasteiger partial charge in [-0.25, -0.2) is 0 Å². The predicted molar refractivity (Wildman–Crippen MR) is 81.4 cm³/mol. The molecule has 1 atom stereocenters. The summed E-state index contributed by atoms with van der Waals surface area (Å²) < 4.78 is 5.26. The molecule has 0 N–H and O–H groups in total. The number of carbonyl (C=O) groups is 1. The van der Waals surface area contributed by atoms with Crippen molar-refractivity contribution in [3.05, 3.63) is 40.6 Å². The molecule has 1 unspecified atom stereocenters. The highest BCUT2D eigenvalue weighted by Gasteiger charge is 2.30. The van der Waals surface area contributed by atoms with Crippen LogP contribution in [0.5, 0.6) is 0 Å². The lowest BCUT2D eigenvalue weighted by atomic mass is 10.1. The Hall–Kier alpha value is -1.81. The Morgan fingerprint density at radius 3 is 2.86 bits per heavy atom. The number of hydrogen-bond acceptors (Lipinski definition) is 3. The zero-order valence-corrected chi connectivity index (χ0v) is 12.9. The van der Waals surface area contributed by atoms with Crippen LogP contribution in [0, 0.1) is 12.8 Å². The zero-order chi connectivity index (χ0) is 15.0. The number of halogens is 1. The second kappa shape index (κ2) is 5.53. The molecule has 4 nitrogen and oxygen atoms in total. The van der Waals surface area contributed by atoms with Crippen molar-refractivity contribution in [2.45, 2.75) is 20.3 Å². The summed E-state index contributed by atoms with van der Waals surface area (Å²) in [5.74, 6) is 1.06. The van der Waals surface area contributed by atoms with Crippen molar-refractivity contribution in [2.75, 3.05) is 13.1 Å². The van der Waals surface area contributed by atoms with Gasteiger partial charge in [0.1, 0.15) is 17.0 Å². The summed E-state index contributed by atoms with van der Waals surface area (Å²) in [5.41, 5.74) is 1.78. The maximum absolute atomic E-state index is 12.8. The van der Waals surface area contributed by atoms with Gasteiger partial charge in [-0.15, -0.1) is 0 Å². The van der Waals surface area contributed by atoms with Crippen LogP contribution in [0.1, 0.15) is 29.5 Å². The fraction of sp³-hybridized carbons (Fsp3) is 0.375. The van der Waals surface area contributed by atoms with Crippen LogP contribution < -0.4 is 0 Å². The van der Waals surface area contributed by atoms with E-state index in [4.69, 9.17) is 16.1 Å². The van der Waals surface area contributed by atoms with E-state index >= 15 is 0 Å². The molecule has 1 amide bonds. The summed E-state index contributed by atoms with van der Waals surface area (Å²) in [6, 6.07) is 7.36. The second-order valence-corrected chi connectivity index (χ2v) is 5.99. The smallest absolute Gasteiger partial charge is 0.259 e. The molecule has 1 aromatic heterocycles. The van der Waals surface area contributed by atoms with Gasteiger partial charge in [-0.3, -0.25) is 4.79 Å². The first-order chi connectivity index (χ1) is 10.1. The molecule has 21 heavy (non-hydrogen) atoms. The van der Waals surface area contributed by atoms with Crippen LogP contribution >= 0.6 is 11.6 Å². The van der Waals surface area contributed by atoms with Gasteiger partial charge in [-0.1, -0.05) is 41.9 Å². The summed E-state index contributed by atoms with van der Waals surface area (Å²) >= 11 is 6.22. The normalized spacial score (nSPS) is 18.2. The Balaban J connectivity index is 2.02. The molecule has 0 bridgehead atoms. The molecule has 1 fully saturated rings. The van der Waals surface area contributed by atoms with Crippen molar-refractivity contribution >= 4 is 17.5 Å². The van der Waals surface area contributed by atoms with Gasteiger partial charge in [0.2, 0.25) is 0 Å². The highest BCUT2D eigenvalue weighted by Crippen LogP contribution is 2.32. The van der Waals surface area contributed by atoms with E-state index in [0.29, 0.717) is 28.0 Å². The van der Waals surface area contributed by atoms with Gasteiger partial charge in [-0.05, 0) is 25.3 Å². The lowest BCUT2D eigenvalue weighted by Crippen LogP contribution is -2.29. The molecule has 0 aliphatic carbocycles. The maximum Gasteiger partial charge on any atom is 0.259 e. The summed E-state index contributed by atoms with van der Waals surface area (Å²) in [5, 5.41) is 4.62. The molecule has 1 aliphatic heterocycles. The Kier molecular flexibility index (Phi) is 3.72. The van der Waals surface area contributed by atoms with E-state index in [-0.39, 0.29) is 5.91 Å². The Labute approximate surface area is 128 Å². The fourth-order valence-corrected chi connectivity index (χ4v) is 2.96. The minimum absolute atomic E-state index is 0.0204. The van der Waals surface area contributed by atoms with E-state index in [0.717, 1.165) is 25.1 Å². The number of rotatable bonds is 2. The molecule has 1 saturated heterocycles. The first-order valence-electron chi connectivity index (χ1n) is 7.08. The molecular weight excluding hydrogens is 288 g/mol. The Bertz CT molecular complexity index is 681. The molecule has 2 aromatic rings. The van der Waals surface area contributed by atoms with E-state index in [1.807, 2.05) is 23.1 Å². The highest BCUT2D eigenvalue weighted by molar-refractivity contribution is 6.33. The SMILES string of the molecule is Cc1onc(-c2ccccc2Cl)c1C(=O)N1CCC(C)C1. The molecular formula is C16H17ClN2O2. The van der Waals surface area contributed by atoms with Crippen molar-refractivity contribution in [2.24, 2.45) is 5.92 Å². The minimum Gasteiger partial charge on any atom is -0.360 e. The van der Waals surface area contributed by atoms with E-state index in [2.05, 4.69) is 12.1 Å². The van der Waals surface area contributed by atoms with Gasteiger partial charge in [-0.2, -0.15) is 0 Å². The number of aryl methyl sites for hydroxylation is 1. The quantitative estimate of drug-likeness (QED) is 0.848. The average molecular weight is 305 g/mol. The molecule has 5 heteroatoms. The molecule has 0 radical (unpaired) electrons. The van der Waals surface area contributed by atoms with Crippen LogP contribution in [0.3, 0.4) is 0 Å². The van der Waals surface area contributed by atoms with Gasteiger partial charge in [0, 0.05) is 18.7 Å². The van der Waals surface area contributed by atoms with E-state index in [1.54, 1.807) is 13.0 Å². The van der Waals surface area contributed by atoms with E-state index < -0.39 is 0 Å². The number of benzene rings is 1. The van der Waals surface area contributed by atoms with Gasteiger partial charge >= 0.3 is 0 Å². The van der Waals surface area contributed by atoms with Crippen LogP contribution in [0.15, 0.2) is 28.8 Å². The largest absolute Gasteiger partial charge is 0.360 e. The van der Waals surface area contributed by atoms with E-state index in [1.165, 1.54) is 0 Å². The van der Waals surface area contributed by atoms with Crippen LogP contribution in [0.2, 0.25) is 5.02 Å². The first-order valence-corrected chi connectivity index (χ1v) is 7.46. The summed E-state index contributed by atoms with van der Waals surface area (Å²) in [6.45, 7) is 5.49. The average Bonchev–Trinajstić information content (AvgIpc) is 3.05. The lowest BCUT2D eigenvalue weighted by molar-refractivity contribution is 0.0787. The Morgan fingerprint density at radius 2 is 2.19 bits per heavy atom. The summed E-state index contributed by atoms with van der Waals surface area (Å²) in [4.78, 5) is 14.6. The number of aromatic nitrogens is 1. The van der Waals surface area contributed by atoms with Crippen molar-refractivity contribution < 1.29 is 9.32 Å². The van der Waals surface area contributed by atoms with Gasteiger partial charge in [0.25, 0.3) is 5.91 Å². The van der Waals surface area contributed by atoms with Crippen LogP contribution in [-0.2, 0) is 0 Å². The van der Waals surface area contributed by atoms with Crippen molar-refractivity contribution in [3.8, 4) is 11.3 Å². The van der Waals surface area contributed by atoms with E-state index in [9.17, 15) is 4.79 Å². The molecule has 1 aromatic carbocycles. The van der Waals surface area contributed by atoms with Crippen molar-refractivity contribution in [1.82, 2.24) is 10.1 Å². The lowest BCUT2D eigenvalue weighted by Gasteiger charge is -2.16. The number of carbonyl (C=O) groups excluding carboxylic acids is 1. The monoisotopic (exact) mass is 304 g/mol.